The lowest BCUT2D eigenvalue weighted by molar-refractivity contribution is 0.0482. The summed E-state index contributed by atoms with van der Waals surface area (Å²) >= 11 is 0. The van der Waals surface area contributed by atoms with Crippen LogP contribution in [0.15, 0.2) is 54.6 Å². The first-order chi connectivity index (χ1) is 16.8. The zero-order valence-corrected chi connectivity index (χ0v) is 22.5. The van der Waals surface area contributed by atoms with Crippen molar-refractivity contribution in [2.24, 2.45) is 0 Å². The van der Waals surface area contributed by atoms with E-state index in [1.165, 1.54) is 5.56 Å². The molecule has 1 heterocycles. The fourth-order valence-electron chi connectivity index (χ4n) is 4.05. The van der Waals surface area contributed by atoms with Gasteiger partial charge in [-0.25, -0.2) is 9.59 Å². The summed E-state index contributed by atoms with van der Waals surface area (Å²) in [6.07, 6.45) is -0.414. The Balaban J connectivity index is 1.78. The number of alkyl carbamates (subject to hydrolysis) is 2. The number of hydrogen-bond donors (Lipinski definition) is 2. The van der Waals surface area contributed by atoms with E-state index in [9.17, 15) is 9.59 Å². The second-order valence-corrected chi connectivity index (χ2v) is 11.5. The smallest absolute Gasteiger partial charge is 0.407 e. The van der Waals surface area contributed by atoms with Crippen LogP contribution < -0.4 is 10.6 Å². The summed E-state index contributed by atoms with van der Waals surface area (Å²) in [6.45, 7) is 13.0. The average molecular weight is 497 g/mol. The predicted molar refractivity (Wildman–Crippen MR) is 140 cm³/mol. The van der Waals surface area contributed by atoms with Gasteiger partial charge < -0.3 is 24.8 Å². The molecule has 1 aliphatic rings. The normalized spacial score (nSPS) is 19.1. The molecule has 0 bridgehead atoms. The first-order valence-corrected chi connectivity index (χ1v) is 12.5. The molecule has 0 saturated carbocycles. The largest absolute Gasteiger partial charge is 0.444 e. The van der Waals surface area contributed by atoms with Crippen molar-refractivity contribution in [2.45, 2.75) is 96.8 Å². The van der Waals surface area contributed by atoms with E-state index in [0.717, 1.165) is 11.1 Å². The summed E-state index contributed by atoms with van der Waals surface area (Å²) in [7, 11) is 0. The molecule has 7 nitrogen and oxygen atoms in total. The molecule has 1 aliphatic heterocycles. The van der Waals surface area contributed by atoms with Crippen LogP contribution in [0.5, 0.6) is 0 Å². The van der Waals surface area contributed by atoms with Gasteiger partial charge in [-0.15, -0.1) is 0 Å². The molecular formula is C29H40N2O5. The number of rotatable bonds is 8. The summed E-state index contributed by atoms with van der Waals surface area (Å²) in [5, 5.41) is 6.01. The van der Waals surface area contributed by atoms with Gasteiger partial charge in [0.2, 0.25) is 0 Å². The molecule has 1 saturated heterocycles. The van der Waals surface area contributed by atoms with Crippen molar-refractivity contribution < 1.29 is 23.8 Å². The maximum absolute atomic E-state index is 12.7. The minimum atomic E-state index is -0.615. The third-order valence-electron chi connectivity index (χ3n) is 5.63. The predicted octanol–water partition coefficient (Wildman–Crippen LogP) is 5.33. The highest BCUT2D eigenvalue weighted by Crippen LogP contribution is 2.32. The van der Waals surface area contributed by atoms with Crippen molar-refractivity contribution in [1.82, 2.24) is 10.6 Å². The average Bonchev–Trinajstić information content (AvgIpc) is 3.53. The highest BCUT2D eigenvalue weighted by Gasteiger charge is 2.51. The number of epoxide rings is 1. The minimum Gasteiger partial charge on any atom is -0.444 e. The van der Waals surface area contributed by atoms with Crippen LogP contribution in [0.25, 0.3) is 0 Å². The third kappa shape index (κ3) is 9.19. The highest BCUT2D eigenvalue weighted by atomic mass is 16.6. The number of carbonyl (C=O) groups excluding carboxylic acids is 2. The monoisotopic (exact) mass is 496 g/mol. The van der Waals surface area contributed by atoms with Crippen molar-refractivity contribution in [3.05, 3.63) is 71.3 Å². The molecule has 4 atom stereocenters. The van der Waals surface area contributed by atoms with Gasteiger partial charge in [0, 0.05) is 0 Å². The van der Waals surface area contributed by atoms with Crippen molar-refractivity contribution in [3.8, 4) is 0 Å². The molecule has 7 heteroatoms. The van der Waals surface area contributed by atoms with Crippen molar-refractivity contribution in [2.75, 3.05) is 0 Å². The summed E-state index contributed by atoms with van der Waals surface area (Å²) in [6, 6.07) is 17.5. The van der Waals surface area contributed by atoms with E-state index in [1.807, 2.05) is 90.9 Å². The topological polar surface area (TPSA) is 89.2 Å². The molecule has 0 aliphatic carbocycles. The van der Waals surface area contributed by atoms with Gasteiger partial charge in [-0.2, -0.15) is 0 Å². The molecule has 2 amide bonds. The molecule has 2 aromatic rings. The quantitative estimate of drug-likeness (QED) is 0.482. The van der Waals surface area contributed by atoms with Crippen LogP contribution in [0.4, 0.5) is 9.59 Å². The molecule has 2 N–H and O–H groups in total. The van der Waals surface area contributed by atoms with Crippen molar-refractivity contribution >= 4 is 12.2 Å². The van der Waals surface area contributed by atoms with Gasteiger partial charge in [-0.3, -0.25) is 0 Å². The number of benzene rings is 2. The molecule has 36 heavy (non-hydrogen) atoms. The molecule has 0 unspecified atom stereocenters. The molecule has 0 spiro atoms. The Morgan fingerprint density at radius 3 is 1.58 bits per heavy atom. The molecule has 0 aromatic heterocycles. The first-order valence-electron chi connectivity index (χ1n) is 12.5. The van der Waals surface area contributed by atoms with E-state index in [4.69, 9.17) is 14.2 Å². The lowest BCUT2D eigenvalue weighted by Crippen LogP contribution is -2.47. The second kappa shape index (κ2) is 11.3. The van der Waals surface area contributed by atoms with E-state index >= 15 is 0 Å². The van der Waals surface area contributed by atoms with Crippen LogP contribution in [0.3, 0.4) is 0 Å². The van der Waals surface area contributed by atoms with E-state index in [0.29, 0.717) is 12.8 Å². The van der Waals surface area contributed by atoms with Gasteiger partial charge in [0.15, 0.2) is 0 Å². The molecule has 0 radical (unpaired) electrons. The lowest BCUT2D eigenvalue weighted by Gasteiger charge is -2.25. The Morgan fingerprint density at radius 2 is 1.17 bits per heavy atom. The summed E-state index contributed by atoms with van der Waals surface area (Å²) < 4.78 is 17.2. The molecule has 2 aromatic carbocycles. The second-order valence-electron chi connectivity index (χ2n) is 11.5. The summed E-state index contributed by atoms with van der Waals surface area (Å²) in [4.78, 5) is 25.3. The number of aryl methyl sites for hydroxylation is 1. The standard InChI is InChI=1S/C29H40N2O5/c1-19-13-15-21(16-14-19)18-23(31-27(33)36-29(5,6)7)25-24(34-25)22(17-20-11-9-8-10-12-20)30-26(32)35-28(2,3)4/h8-16,22-25H,17-18H2,1-7H3,(H,30,32)(H,31,33)/t22-,23-,24+,25+/m0/s1. The van der Waals surface area contributed by atoms with Crippen LogP contribution >= 0.6 is 0 Å². The number of carbonyl (C=O) groups is 2. The van der Waals surface area contributed by atoms with E-state index in [1.54, 1.807) is 0 Å². The van der Waals surface area contributed by atoms with Gasteiger partial charge in [-0.05, 0) is 72.4 Å². The Bertz CT molecular complexity index is 1010. The van der Waals surface area contributed by atoms with Crippen LogP contribution in [0, 0.1) is 6.92 Å². The Kier molecular flexibility index (Phi) is 8.67. The van der Waals surface area contributed by atoms with Crippen LogP contribution in [0.2, 0.25) is 0 Å². The van der Waals surface area contributed by atoms with Gasteiger partial charge >= 0.3 is 12.2 Å². The highest BCUT2D eigenvalue weighted by molar-refractivity contribution is 5.69. The molecule has 1 fully saturated rings. The van der Waals surface area contributed by atoms with E-state index in [2.05, 4.69) is 22.8 Å². The van der Waals surface area contributed by atoms with Gasteiger partial charge in [-0.1, -0.05) is 60.2 Å². The Hall–Kier alpha value is -3.06. The third-order valence-corrected chi connectivity index (χ3v) is 5.63. The zero-order chi connectivity index (χ0) is 26.5. The first kappa shape index (κ1) is 27.5. The maximum Gasteiger partial charge on any atom is 0.407 e. The van der Waals surface area contributed by atoms with Crippen LogP contribution in [-0.2, 0) is 27.1 Å². The van der Waals surface area contributed by atoms with Crippen LogP contribution in [-0.4, -0.2) is 47.7 Å². The summed E-state index contributed by atoms with van der Waals surface area (Å²) in [5.74, 6) is 0. The summed E-state index contributed by atoms with van der Waals surface area (Å²) in [5.41, 5.74) is 2.09. The Labute approximate surface area is 214 Å². The van der Waals surface area contributed by atoms with E-state index in [-0.39, 0.29) is 24.3 Å². The Morgan fingerprint density at radius 1 is 0.750 bits per heavy atom. The number of hydrogen-bond acceptors (Lipinski definition) is 5. The molecular weight excluding hydrogens is 456 g/mol. The molecule has 3 rings (SSSR count). The number of amides is 2. The fraction of sp³-hybridized carbons (Fsp3) is 0.517. The maximum atomic E-state index is 12.7. The van der Waals surface area contributed by atoms with E-state index < -0.39 is 23.4 Å². The van der Waals surface area contributed by atoms with Gasteiger partial charge in [0.05, 0.1) is 12.1 Å². The fourth-order valence-corrected chi connectivity index (χ4v) is 4.05. The lowest BCUT2D eigenvalue weighted by atomic mass is 9.96. The van der Waals surface area contributed by atoms with Gasteiger partial charge in [0.1, 0.15) is 23.4 Å². The van der Waals surface area contributed by atoms with Crippen molar-refractivity contribution in [3.63, 3.8) is 0 Å². The van der Waals surface area contributed by atoms with Crippen molar-refractivity contribution in [1.29, 1.82) is 0 Å². The number of ether oxygens (including phenoxy) is 3. The number of nitrogens with one attached hydrogen (secondary N) is 2. The van der Waals surface area contributed by atoms with Crippen LogP contribution in [0.1, 0.15) is 58.2 Å². The van der Waals surface area contributed by atoms with Gasteiger partial charge in [0.25, 0.3) is 0 Å². The SMILES string of the molecule is Cc1ccc(C[C@H](NC(=O)OC(C)(C)C)[C@H]2O[C@@H]2[C@H](Cc2ccccc2)NC(=O)OC(C)(C)C)cc1. The molecule has 196 valence electrons. The minimum absolute atomic E-state index is 0.289. The zero-order valence-electron chi connectivity index (χ0n) is 22.5.